The first-order valence-corrected chi connectivity index (χ1v) is 7.06. The summed E-state index contributed by atoms with van der Waals surface area (Å²) in [6.07, 6.45) is -5.86. The van der Waals surface area contributed by atoms with Crippen LogP contribution in [0, 0.1) is 6.92 Å². The molecule has 0 bridgehead atoms. The van der Waals surface area contributed by atoms with Gasteiger partial charge in [-0.2, -0.15) is 0 Å². The number of hydrogen-bond donors (Lipinski definition) is 5. The van der Waals surface area contributed by atoms with Crippen molar-refractivity contribution in [2.24, 2.45) is 0 Å². The molecule has 112 valence electrons. The monoisotopic (exact) mass is 347 g/mol. The second-order valence-electron chi connectivity index (χ2n) is 4.86. The van der Waals surface area contributed by atoms with Gasteiger partial charge in [0.25, 0.3) is 0 Å². The van der Waals surface area contributed by atoms with Gasteiger partial charge in [-0.1, -0.05) is 22.0 Å². The van der Waals surface area contributed by atoms with E-state index in [4.69, 9.17) is 9.84 Å². The van der Waals surface area contributed by atoms with Crippen LogP contribution in [0.1, 0.15) is 5.56 Å². The van der Waals surface area contributed by atoms with E-state index in [1.165, 1.54) is 0 Å². The fourth-order valence-electron chi connectivity index (χ4n) is 2.07. The second kappa shape index (κ2) is 6.38. The van der Waals surface area contributed by atoms with Gasteiger partial charge in [0.15, 0.2) is 6.23 Å². The predicted molar refractivity (Wildman–Crippen MR) is 76.3 cm³/mol. The van der Waals surface area contributed by atoms with E-state index in [-0.39, 0.29) is 0 Å². The van der Waals surface area contributed by atoms with E-state index in [2.05, 4.69) is 21.2 Å². The van der Waals surface area contributed by atoms with Gasteiger partial charge in [-0.05, 0) is 24.6 Å². The molecular formula is C13H18BrNO5. The number of aliphatic hydroxyl groups excluding tert-OH is 4. The number of aryl methyl sites for hydroxylation is 1. The Kier molecular flexibility index (Phi) is 5.00. The Balaban J connectivity index is 2.13. The second-order valence-corrected chi connectivity index (χ2v) is 5.71. The summed E-state index contributed by atoms with van der Waals surface area (Å²) in [5.74, 6) is 0. The van der Waals surface area contributed by atoms with E-state index in [1.807, 2.05) is 25.1 Å². The van der Waals surface area contributed by atoms with E-state index in [0.717, 1.165) is 10.0 Å². The molecule has 0 aliphatic carbocycles. The number of ether oxygens (including phenoxy) is 1. The quantitative estimate of drug-likeness (QED) is 0.526. The maximum atomic E-state index is 9.92. The van der Waals surface area contributed by atoms with Gasteiger partial charge in [-0.15, -0.1) is 0 Å². The highest BCUT2D eigenvalue weighted by Gasteiger charge is 2.43. The number of rotatable bonds is 3. The third-order valence-corrected chi connectivity index (χ3v) is 4.23. The SMILES string of the molecule is Cc1ccc(N[C@@H]2O[C@H](CO)[C@H](O)[C@H](O)[C@H]2O)cc1Br. The number of aliphatic hydroxyl groups is 4. The van der Waals surface area contributed by atoms with Crippen molar-refractivity contribution in [2.75, 3.05) is 11.9 Å². The average molecular weight is 348 g/mol. The molecule has 6 nitrogen and oxygen atoms in total. The van der Waals surface area contributed by atoms with Crippen LogP contribution in [-0.4, -0.2) is 57.7 Å². The van der Waals surface area contributed by atoms with Crippen LogP contribution in [0.2, 0.25) is 0 Å². The van der Waals surface area contributed by atoms with Gasteiger partial charge in [0.05, 0.1) is 6.61 Å². The summed E-state index contributed by atoms with van der Waals surface area (Å²) in [6.45, 7) is 1.50. The van der Waals surface area contributed by atoms with Crippen molar-refractivity contribution in [3.63, 3.8) is 0 Å². The average Bonchev–Trinajstić information content (AvgIpc) is 2.43. The molecule has 0 radical (unpaired) electrons. The molecule has 1 aromatic carbocycles. The number of halogens is 1. The lowest BCUT2D eigenvalue weighted by molar-refractivity contribution is -0.221. The van der Waals surface area contributed by atoms with Crippen LogP contribution in [0.15, 0.2) is 22.7 Å². The van der Waals surface area contributed by atoms with Crippen LogP contribution >= 0.6 is 15.9 Å². The maximum absolute atomic E-state index is 9.92. The van der Waals surface area contributed by atoms with Crippen molar-refractivity contribution in [1.29, 1.82) is 0 Å². The standard InChI is InChI=1S/C13H18BrNO5/c1-6-2-3-7(4-8(6)14)15-13-12(19)11(18)10(17)9(5-16)20-13/h2-4,9-13,15-19H,5H2,1H3/t9-,10+,11+,12-,13-/m1/s1. The van der Waals surface area contributed by atoms with Gasteiger partial charge >= 0.3 is 0 Å². The Labute approximate surface area is 125 Å². The molecule has 1 aliphatic rings. The lowest BCUT2D eigenvalue weighted by atomic mass is 9.98. The molecule has 0 unspecified atom stereocenters. The molecular weight excluding hydrogens is 330 g/mol. The predicted octanol–water partition coefficient (Wildman–Crippen LogP) is -0.0307. The Hall–Kier alpha value is -0.700. The normalized spacial score (nSPS) is 34.0. The molecule has 1 heterocycles. The first kappa shape index (κ1) is 15.7. The van der Waals surface area contributed by atoms with Crippen molar-refractivity contribution in [3.05, 3.63) is 28.2 Å². The van der Waals surface area contributed by atoms with Crippen LogP contribution in [-0.2, 0) is 4.74 Å². The molecule has 0 amide bonds. The fraction of sp³-hybridized carbons (Fsp3) is 0.538. The smallest absolute Gasteiger partial charge is 0.157 e. The summed E-state index contributed by atoms with van der Waals surface area (Å²) in [5, 5.41) is 41.4. The van der Waals surface area contributed by atoms with Gasteiger partial charge in [-0.3, -0.25) is 0 Å². The van der Waals surface area contributed by atoms with Crippen LogP contribution in [0.5, 0.6) is 0 Å². The summed E-state index contributed by atoms with van der Waals surface area (Å²) in [7, 11) is 0. The van der Waals surface area contributed by atoms with Gasteiger partial charge in [-0.25, -0.2) is 0 Å². The summed E-state index contributed by atoms with van der Waals surface area (Å²) in [4.78, 5) is 0. The molecule has 20 heavy (non-hydrogen) atoms. The highest BCUT2D eigenvalue weighted by atomic mass is 79.9. The first-order valence-electron chi connectivity index (χ1n) is 6.27. The van der Waals surface area contributed by atoms with E-state index >= 15 is 0 Å². The molecule has 2 rings (SSSR count). The molecule has 0 aromatic heterocycles. The molecule has 1 aromatic rings. The van der Waals surface area contributed by atoms with Crippen molar-refractivity contribution in [1.82, 2.24) is 0 Å². The Bertz CT molecular complexity index is 470. The van der Waals surface area contributed by atoms with Crippen molar-refractivity contribution in [2.45, 2.75) is 37.6 Å². The van der Waals surface area contributed by atoms with E-state index in [9.17, 15) is 15.3 Å². The molecule has 0 spiro atoms. The highest BCUT2D eigenvalue weighted by molar-refractivity contribution is 9.10. The van der Waals surface area contributed by atoms with Crippen molar-refractivity contribution >= 4 is 21.6 Å². The minimum Gasteiger partial charge on any atom is -0.394 e. The Morgan fingerprint density at radius 1 is 1.20 bits per heavy atom. The molecule has 1 aliphatic heterocycles. The third kappa shape index (κ3) is 3.13. The lowest BCUT2D eigenvalue weighted by Crippen LogP contribution is -2.60. The zero-order valence-corrected chi connectivity index (χ0v) is 12.5. The number of benzene rings is 1. The molecule has 5 atom stereocenters. The number of anilines is 1. The summed E-state index contributed by atoms with van der Waals surface area (Å²) in [6, 6.07) is 5.51. The number of hydrogen-bond acceptors (Lipinski definition) is 6. The lowest BCUT2D eigenvalue weighted by Gasteiger charge is -2.40. The summed E-state index contributed by atoms with van der Waals surface area (Å²) < 4.78 is 6.26. The molecule has 5 N–H and O–H groups in total. The van der Waals surface area contributed by atoms with E-state index < -0.39 is 37.3 Å². The Morgan fingerprint density at radius 2 is 1.90 bits per heavy atom. The van der Waals surface area contributed by atoms with Crippen LogP contribution in [0.25, 0.3) is 0 Å². The molecule has 0 saturated carbocycles. The maximum Gasteiger partial charge on any atom is 0.157 e. The van der Waals surface area contributed by atoms with Gasteiger partial charge in [0.1, 0.15) is 24.4 Å². The van der Waals surface area contributed by atoms with Gasteiger partial charge in [0.2, 0.25) is 0 Å². The zero-order valence-electron chi connectivity index (χ0n) is 10.9. The zero-order chi connectivity index (χ0) is 14.9. The van der Waals surface area contributed by atoms with Crippen molar-refractivity contribution in [3.8, 4) is 0 Å². The van der Waals surface area contributed by atoms with E-state index in [1.54, 1.807) is 0 Å². The summed E-state index contributed by atoms with van der Waals surface area (Å²) in [5.41, 5.74) is 1.75. The van der Waals surface area contributed by atoms with Gasteiger partial charge in [0, 0.05) is 10.2 Å². The van der Waals surface area contributed by atoms with E-state index in [0.29, 0.717) is 5.69 Å². The van der Waals surface area contributed by atoms with Crippen LogP contribution in [0.3, 0.4) is 0 Å². The third-order valence-electron chi connectivity index (χ3n) is 3.37. The van der Waals surface area contributed by atoms with Crippen LogP contribution < -0.4 is 5.32 Å². The minimum atomic E-state index is -1.38. The van der Waals surface area contributed by atoms with Crippen LogP contribution in [0.4, 0.5) is 5.69 Å². The number of nitrogens with one attached hydrogen (secondary N) is 1. The Morgan fingerprint density at radius 3 is 2.50 bits per heavy atom. The molecule has 1 fully saturated rings. The fourth-order valence-corrected chi connectivity index (χ4v) is 2.45. The summed E-state index contributed by atoms with van der Waals surface area (Å²) >= 11 is 3.40. The van der Waals surface area contributed by atoms with Crippen molar-refractivity contribution < 1.29 is 25.2 Å². The largest absolute Gasteiger partial charge is 0.394 e. The highest BCUT2D eigenvalue weighted by Crippen LogP contribution is 2.25. The molecule has 1 saturated heterocycles. The molecule has 7 heteroatoms. The topological polar surface area (TPSA) is 102 Å². The van der Waals surface area contributed by atoms with Gasteiger partial charge < -0.3 is 30.5 Å². The minimum absolute atomic E-state index is 0.444. The first-order chi connectivity index (χ1) is 9.43.